The van der Waals surface area contributed by atoms with Gasteiger partial charge >= 0.3 is 5.97 Å². The molecule has 35 heavy (non-hydrogen) atoms. The third-order valence-electron chi connectivity index (χ3n) is 4.84. The molecule has 0 fully saturated rings. The summed E-state index contributed by atoms with van der Waals surface area (Å²) in [7, 11) is -2.57. The summed E-state index contributed by atoms with van der Waals surface area (Å²) >= 11 is 6.10. The molecule has 0 bridgehead atoms. The fraction of sp³-hybridized carbons (Fsp3) is 0.0417. The normalized spacial score (nSPS) is 10.8. The quantitative estimate of drug-likeness (QED) is 0.392. The van der Waals surface area contributed by atoms with E-state index < -0.39 is 16.0 Å². The maximum atomic E-state index is 13.3. The number of anilines is 1. The molecule has 0 atom stereocenters. The highest BCUT2D eigenvalue weighted by Crippen LogP contribution is 2.30. The topological polar surface area (TPSA) is 107 Å². The van der Waals surface area contributed by atoms with Crippen molar-refractivity contribution in [1.29, 1.82) is 0 Å². The number of hydrogen-bond acceptors (Lipinski definition) is 7. The summed E-state index contributed by atoms with van der Waals surface area (Å²) in [4.78, 5) is 22.3. The molecule has 4 aromatic rings. The second-order valence-electron chi connectivity index (χ2n) is 6.98. The standard InChI is InChI=1S/C24H15ClFN3O5S/c1-33-21-10-11-22(23-17(21)6-4-12-27-23)35(31,32)29-19-7-3-2-5-15(19)8-9-16-14-28-20(13-18(16)25)24(30)34-26/h2-7,10-14,29H,1H3. The molecule has 2 aromatic carbocycles. The van der Waals surface area contributed by atoms with Crippen molar-refractivity contribution in [1.82, 2.24) is 9.97 Å². The summed E-state index contributed by atoms with van der Waals surface area (Å²) in [6.07, 6.45) is 2.68. The smallest absolute Gasteiger partial charge is 0.397 e. The van der Waals surface area contributed by atoms with Gasteiger partial charge in [0, 0.05) is 27.9 Å². The SMILES string of the molecule is COc1ccc(S(=O)(=O)Nc2ccccc2C#Cc2cnc(C(=O)OF)cc2Cl)c2ncccc12. The largest absolute Gasteiger partial charge is 0.496 e. The number of fused-ring (bicyclic) bond motifs is 1. The van der Waals surface area contributed by atoms with Crippen LogP contribution >= 0.6 is 11.6 Å². The van der Waals surface area contributed by atoms with Gasteiger partial charge in [0.15, 0.2) is 5.69 Å². The van der Waals surface area contributed by atoms with Gasteiger partial charge in [0.1, 0.15) is 10.6 Å². The van der Waals surface area contributed by atoms with Gasteiger partial charge in [-0.05, 0) is 42.5 Å². The van der Waals surface area contributed by atoms with Gasteiger partial charge in [-0.15, -0.1) is 0 Å². The molecule has 0 saturated carbocycles. The van der Waals surface area contributed by atoms with E-state index in [1.807, 2.05) is 0 Å². The number of hydrogen-bond donors (Lipinski definition) is 1. The summed E-state index contributed by atoms with van der Waals surface area (Å²) in [5.74, 6) is 4.81. The Balaban J connectivity index is 1.69. The van der Waals surface area contributed by atoms with E-state index in [0.29, 0.717) is 16.7 Å². The van der Waals surface area contributed by atoms with Crippen LogP contribution in [0.25, 0.3) is 10.9 Å². The molecule has 0 aliphatic heterocycles. The summed E-state index contributed by atoms with van der Waals surface area (Å²) in [5, 5.41) is 0.593. The Bertz CT molecular complexity index is 1620. The number of pyridine rings is 2. The van der Waals surface area contributed by atoms with Crippen LogP contribution in [-0.2, 0) is 15.0 Å². The first-order chi connectivity index (χ1) is 16.8. The summed E-state index contributed by atoms with van der Waals surface area (Å²) in [6.45, 7) is 0. The van der Waals surface area contributed by atoms with Crippen molar-refractivity contribution < 1.29 is 27.4 Å². The lowest BCUT2D eigenvalue weighted by Gasteiger charge is -2.13. The number of nitrogens with zero attached hydrogens (tertiary/aromatic N) is 2. The lowest BCUT2D eigenvalue weighted by molar-refractivity contribution is -0.0793. The second kappa shape index (κ2) is 9.97. The molecule has 0 aliphatic carbocycles. The predicted octanol–water partition coefficient (Wildman–Crippen LogP) is 4.53. The van der Waals surface area contributed by atoms with Crippen molar-refractivity contribution in [3.63, 3.8) is 0 Å². The van der Waals surface area contributed by atoms with E-state index in [9.17, 15) is 17.7 Å². The highest BCUT2D eigenvalue weighted by molar-refractivity contribution is 7.93. The molecule has 11 heteroatoms. The average molecular weight is 512 g/mol. The average Bonchev–Trinajstić information content (AvgIpc) is 2.87. The van der Waals surface area contributed by atoms with Crippen LogP contribution in [0.1, 0.15) is 21.6 Å². The van der Waals surface area contributed by atoms with Gasteiger partial charge in [-0.1, -0.05) is 35.6 Å². The summed E-state index contributed by atoms with van der Waals surface area (Å²) in [5.41, 5.74) is 0.751. The Morgan fingerprint density at radius 2 is 1.83 bits per heavy atom. The van der Waals surface area contributed by atoms with Crippen LogP contribution in [0, 0.1) is 11.8 Å². The molecule has 0 radical (unpaired) electrons. The van der Waals surface area contributed by atoms with E-state index in [1.165, 1.54) is 25.6 Å². The molecular formula is C24H15ClFN3O5S. The number of ether oxygens (including phenoxy) is 1. The lowest BCUT2D eigenvalue weighted by Crippen LogP contribution is -2.14. The minimum Gasteiger partial charge on any atom is -0.496 e. The van der Waals surface area contributed by atoms with Crippen LogP contribution in [0.4, 0.5) is 10.2 Å². The first-order valence-electron chi connectivity index (χ1n) is 9.88. The van der Waals surface area contributed by atoms with Crippen molar-refractivity contribution in [2.45, 2.75) is 4.90 Å². The van der Waals surface area contributed by atoms with Crippen molar-refractivity contribution in [2.75, 3.05) is 11.8 Å². The van der Waals surface area contributed by atoms with Crippen molar-refractivity contribution >= 4 is 44.2 Å². The fourth-order valence-corrected chi connectivity index (χ4v) is 4.65. The van der Waals surface area contributed by atoms with Crippen LogP contribution in [0.15, 0.2) is 71.9 Å². The number of benzene rings is 2. The molecule has 0 unspecified atom stereocenters. The molecule has 8 nitrogen and oxygen atoms in total. The number of para-hydroxylation sites is 1. The number of methoxy groups -OCH3 is 1. The van der Waals surface area contributed by atoms with Crippen molar-refractivity contribution in [3.8, 4) is 17.6 Å². The van der Waals surface area contributed by atoms with Gasteiger partial charge < -0.3 is 4.74 Å². The van der Waals surface area contributed by atoms with Gasteiger partial charge in [-0.3, -0.25) is 9.71 Å². The van der Waals surface area contributed by atoms with Crippen LogP contribution < -0.4 is 9.46 Å². The minimum atomic E-state index is -4.06. The summed E-state index contributed by atoms with van der Waals surface area (Å²) in [6, 6.07) is 14.0. The van der Waals surface area contributed by atoms with Crippen LogP contribution in [-0.4, -0.2) is 31.5 Å². The number of aromatic nitrogens is 2. The number of carbonyl (C=O) groups excluding carboxylic acids is 1. The fourth-order valence-electron chi connectivity index (χ4n) is 3.20. The van der Waals surface area contributed by atoms with Gasteiger partial charge in [0.2, 0.25) is 0 Å². The third kappa shape index (κ3) is 5.01. The maximum Gasteiger partial charge on any atom is 0.397 e. The molecule has 0 spiro atoms. The van der Waals surface area contributed by atoms with E-state index in [-0.39, 0.29) is 32.4 Å². The van der Waals surface area contributed by atoms with E-state index in [0.717, 1.165) is 6.07 Å². The number of sulfonamides is 1. The number of nitrogens with one attached hydrogen (secondary N) is 1. The van der Waals surface area contributed by atoms with Gasteiger partial charge in [-0.25, -0.2) is 23.1 Å². The molecule has 2 heterocycles. The van der Waals surface area contributed by atoms with Crippen LogP contribution in [0.3, 0.4) is 0 Å². The van der Waals surface area contributed by atoms with Crippen molar-refractivity contribution in [2.24, 2.45) is 0 Å². The zero-order valence-corrected chi connectivity index (χ0v) is 19.5. The Labute approximate surface area is 204 Å². The first-order valence-corrected chi connectivity index (χ1v) is 11.7. The predicted molar refractivity (Wildman–Crippen MR) is 127 cm³/mol. The lowest BCUT2D eigenvalue weighted by atomic mass is 10.1. The molecule has 0 saturated heterocycles. The Hall–Kier alpha value is -4.20. The molecule has 176 valence electrons. The van der Waals surface area contributed by atoms with Crippen molar-refractivity contribution in [3.05, 3.63) is 88.8 Å². The highest BCUT2D eigenvalue weighted by atomic mass is 35.5. The Morgan fingerprint density at radius 3 is 2.57 bits per heavy atom. The minimum absolute atomic E-state index is 0.0285. The maximum absolute atomic E-state index is 13.3. The van der Waals surface area contributed by atoms with Gasteiger partial charge in [0.25, 0.3) is 10.0 Å². The van der Waals surface area contributed by atoms with E-state index >= 15 is 0 Å². The number of carbonyl (C=O) groups is 1. The van der Waals surface area contributed by atoms with E-state index in [4.69, 9.17) is 16.3 Å². The number of halogens is 2. The van der Waals surface area contributed by atoms with Gasteiger partial charge in [0.05, 0.1) is 28.9 Å². The van der Waals surface area contributed by atoms with E-state index in [2.05, 4.69) is 31.5 Å². The zero-order valence-electron chi connectivity index (χ0n) is 18.0. The monoisotopic (exact) mass is 511 g/mol. The second-order valence-corrected chi connectivity index (χ2v) is 9.04. The van der Waals surface area contributed by atoms with Crippen LogP contribution in [0.5, 0.6) is 5.75 Å². The molecule has 0 aliphatic rings. The third-order valence-corrected chi connectivity index (χ3v) is 6.55. The Morgan fingerprint density at radius 1 is 1.06 bits per heavy atom. The van der Waals surface area contributed by atoms with Gasteiger partial charge in [-0.2, -0.15) is 0 Å². The first kappa shape index (κ1) is 23.9. The Kier molecular flexibility index (Phi) is 6.82. The molecule has 0 amide bonds. The summed E-state index contributed by atoms with van der Waals surface area (Å²) < 4.78 is 46.5. The van der Waals surface area contributed by atoms with E-state index in [1.54, 1.807) is 42.5 Å². The molecule has 4 rings (SSSR count). The van der Waals surface area contributed by atoms with Crippen LogP contribution in [0.2, 0.25) is 5.02 Å². The molecule has 2 aromatic heterocycles. The molecule has 1 N–H and O–H groups in total. The highest BCUT2D eigenvalue weighted by Gasteiger charge is 2.21. The number of rotatable bonds is 5. The molecular weight excluding hydrogens is 497 g/mol. The zero-order chi connectivity index (χ0) is 25.0.